The first-order valence-electron chi connectivity index (χ1n) is 8.59. The minimum atomic E-state index is -3.46. The van der Waals surface area contributed by atoms with Gasteiger partial charge >= 0.3 is 0 Å². The van der Waals surface area contributed by atoms with E-state index in [0.717, 1.165) is 31.2 Å². The van der Waals surface area contributed by atoms with Gasteiger partial charge in [0.15, 0.2) is 0 Å². The fourth-order valence-corrected chi connectivity index (χ4v) is 3.76. The molecular weight excluding hydrogens is 326 g/mol. The van der Waals surface area contributed by atoms with Crippen LogP contribution in [0.5, 0.6) is 0 Å². The molecule has 1 saturated carbocycles. The maximum Gasteiger partial charge on any atom is 0.279 e. The predicted octanol–water partition coefficient (Wildman–Crippen LogP) is 1.63. The Balaban J connectivity index is 1.63. The molecule has 1 fully saturated rings. The van der Waals surface area contributed by atoms with Gasteiger partial charge in [-0.1, -0.05) is 30.3 Å². The van der Waals surface area contributed by atoms with Gasteiger partial charge in [0.1, 0.15) is 0 Å². The number of hydrogen-bond acceptors (Lipinski definition) is 4. The van der Waals surface area contributed by atoms with Crippen molar-refractivity contribution in [1.82, 2.24) is 9.03 Å². The van der Waals surface area contributed by atoms with E-state index < -0.39 is 10.2 Å². The van der Waals surface area contributed by atoms with Gasteiger partial charge in [0.05, 0.1) is 6.10 Å². The van der Waals surface area contributed by atoms with E-state index in [2.05, 4.69) is 4.72 Å². The van der Waals surface area contributed by atoms with Crippen molar-refractivity contribution < 1.29 is 13.2 Å². The number of ether oxygens (including phenoxy) is 1. The quantitative estimate of drug-likeness (QED) is 0.660. The van der Waals surface area contributed by atoms with Crippen LogP contribution in [0.25, 0.3) is 0 Å². The lowest BCUT2D eigenvalue weighted by molar-refractivity contribution is 0.0245. The molecule has 7 heteroatoms. The second-order valence-electron chi connectivity index (χ2n) is 6.40. The molecule has 136 valence electrons. The Hall–Kier alpha value is -0.990. The lowest BCUT2D eigenvalue weighted by atomic mass is 9.94. The van der Waals surface area contributed by atoms with E-state index in [1.54, 1.807) is 7.05 Å². The standard InChI is InChI=1S/C17H29N3O3S/c1-20(14-15-6-3-2-4-7-15)24(21,22)19-12-5-13-23-17-10-8-16(18)9-11-17/h2-4,6-7,16-17,19H,5,8-14,18H2,1H3. The Bertz CT molecular complexity index is 572. The Morgan fingerprint density at radius 3 is 2.54 bits per heavy atom. The van der Waals surface area contributed by atoms with Gasteiger partial charge in [-0.2, -0.15) is 12.7 Å². The molecule has 3 N–H and O–H groups in total. The van der Waals surface area contributed by atoms with Crippen molar-refractivity contribution >= 4 is 10.2 Å². The summed E-state index contributed by atoms with van der Waals surface area (Å²) in [4.78, 5) is 0. The minimum absolute atomic E-state index is 0.280. The van der Waals surface area contributed by atoms with Crippen LogP contribution in [0.4, 0.5) is 0 Å². The molecule has 1 aromatic rings. The van der Waals surface area contributed by atoms with Gasteiger partial charge in [0.2, 0.25) is 0 Å². The molecule has 24 heavy (non-hydrogen) atoms. The Kier molecular flexibility index (Phi) is 7.64. The van der Waals surface area contributed by atoms with Gasteiger partial charge in [0.25, 0.3) is 10.2 Å². The second-order valence-corrected chi connectivity index (χ2v) is 8.26. The molecule has 0 aromatic heterocycles. The molecule has 0 spiro atoms. The lowest BCUT2D eigenvalue weighted by Gasteiger charge is -2.26. The summed E-state index contributed by atoms with van der Waals surface area (Å²) in [5.74, 6) is 0. The van der Waals surface area contributed by atoms with Crippen molar-refractivity contribution in [2.75, 3.05) is 20.2 Å². The van der Waals surface area contributed by atoms with E-state index in [4.69, 9.17) is 10.5 Å². The van der Waals surface area contributed by atoms with Crippen molar-refractivity contribution in [3.05, 3.63) is 35.9 Å². The summed E-state index contributed by atoms with van der Waals surface area (Å²) < 4.78 is 34.1. The largest absolute Gasteiger partial charge is 0.378 e. The maximum absolute atomic E-state index is 12.2. The number of nitrogens with zero attached hydrogens (tertiary/aromatic N) is 1. The molecule has 6 nitrogen and oxygen atoms in total. The van der Waals surface area contributed by atoms with Gasteiger partial charge in [0, 0.05) is 32.8 Å². The molecule has 1 aromatic carbocycles. The summed E-state index contributed by atoms with van der Waals surface area (Å²) in [5, 5.41) is 0. The highest BCUT2D eigenvalue weighted by atomic mass is 32.2. The van der Waals surface area contributed by atoms with Crippen LogP contribution in [0.2, 0.25) is 0 Å². The van der Waals surface area contributed by atoms with Crippen LogP contribution in [0, 0.1) is 0 Å². The molecule has 0 radical (unpaired) electrons. The third-order valence-electron chi connectivity index (χ3n) is 4.34. The average molecular weight is 356 g/mol. The van der Waals surface area contributed by atoms with E-state index in [9.17, 15) is 8.42 Å². The Morgan fingerprint density at radius 1 is 1.21 bits per heavy atom. The van der Waals surface area contributed by atoms with Crippen LogP contribution in [-0.2, 0) is 21.5 Å². The molecule has 0 heterocycles. The minimum Gasteiger partial charge on any atom is -0.378 e. The molecule has 2 rings (SSSR count). The lowest BCUT2D eigenvalue weighted by Crippen LogP contribution is -2.38. The highest BCUT2D eigenvalue weighted by molar-refractivity contribution is 7.87. The smallest absolute Gasteiger partial charge is 0.279 e. The van der Waals surface area contributed by atoms with E-state index in [0.29, 0.717) is 32.2 Å². The fourth-order valence-electron chi connectivity index (χ4n) is 2.81. The highest BCUT2D eigenvalue weighted by Crippen LogP contribution is 2.19. The van der Waals surface area contributed by atoms with Crippen molar-refractivity contribution in [2.24, 2.45) is 5.73 Å². The monoisotopic (exact) mass is 355 g/mol. The van der Waals surface area contributed by atoms with Gasteiger partial charge in [-0.15, -0.1) is 0 Å². The first kappa shape index (κ1) is 19.3. The van der Waals surface area contributed by atoms with Crippen LogP contribution in [0.3, 0.4) is 0 Å². The van der Waals surface area contributed by atoms with Crippen LogP contribution in [0.1, 0.15) is 37.7 Å². The van der Waals surface area contributed by atoms with Crippen LogP contribution in [0.15, 0.2) is 30.3 Å². The third-order valence-corrected chi connectivity index (χ3v) is 5.86. The zero-order valence-corrected chi connectivity index (χ0v) is 15.2. The summed E-state index contributed by atoms with van der Waals surface area (Å²) in [6, 6.07) is 9.86. The number of hydrogen-bond donors (Lipinski definition) is 2. The van der Waals surface area contributed by atoms with E-state index in [-0.39, 0.29) is 6.10 Å². The zero-order valence-electron chi connectivity index (χ0n) is 14.4. The highest BCUT2D eigenvalue weighted by Gasteiger charge is 2.19. The summed E-state index contributed by atoms with van der Waals surface area (Å²) in [7, 11) is -1.88. The first-order valence-corrected chi connectivity index (χ1v) is 10.0. The zero-order chi connectivity index (χ0) is 17.4. The molecule has 0 saturated heterocycles. The summed E-state index contributed by atoms with van der Waals surface area (Å²) in [6.07, 6.45) is 4.99. The number of rotatable bonds is 9. The molecule has 0 aliphatic heterocycles. The third kappa shape index (κ3) is 6.49. The molecule has 0 amide bonds. The number of nitrogens with two attached hydrogens (primary N) is 1. The van der Waals surface area contributed by atoms with Gasteiger partial charge in [-0.25, -0.2) is 4.72 Å². The maximum atomic E-state index is 12.2. The van der Waals surface area contributed by atoms with Gasteiger partial charge in [-0.05, 0) is 37.7 Å². The molecule has 0 unspecified atom stereocenters. The molecular formula is C17H29N3O3S. The van der Waals surface area contributed by atoms with E-state index in [1.165, 1.54) is 4.31 Å². The normalized spacial score (nSPS) is 22.0. The van der Waals surface area contributed by atoms with Gasteiger partial charge < -0.3 is 10.5 Å². The number of nitrogens with one attached hydrogen (secondary N) is 1. The topological polar surface area (TPSA) is 84.7 Å². The van der Waals surface area contributed by atoms with Crippen LogP contribution >= 0.6 is 0 Å². The van der Waals surface area contributed by atoms with Crippen molar-refractivity contribution in [1.29, 1.82) is 0 Å². The number of benzene rings is 1. The summed E-state index contributed by atoms with van der Waals surface area (Å²) >= 11 is 0. The fraction of sp³-hybridized carbons (Fsp3) is 0.647. The second kappa shape index (κ2) is 9.48. The van der Waals surface area contributed by atoms with Crippen LogP contribution in [-0.4, -0.2) is 45.1 Å². The first-order chi connectivity index (χ1) is 11.5. The van der Waals surface area contributed by atoms with Crippen molar-refractivity contribution in [2.45, 2.75) is 50.8 Å². The van der Waals surface area contributed by atoms with E-state index in [1.807, 2.05) is 30.3 Å². The summed E-state index contributed by atoms with van der Waals surface area (Å²) in [6.45, 7) is 1.31. The Morgan fingerprint density at radius 2 is 1.88 bits per heavy atom. The molecule has 1 aliphatic carbocycles. The SMILES string of the molecule is CN(Cc1ccccc1)S(=O)(=O)NCCCOC1CCC(N)CC1. The van der Waals surface area contributed by atoms with Gasteiger partial charge in [-0.3, -0.25) is 0 Å². The average Bonchev–Trinajstić information content (AvgIpc) is 2.57. The summed E-state index contributed by atoms with van der Waals surface area (Å²) in [5.41, 5.74) is 6.83. The molecule has 0 atom stereocenters. The Labute approximate surface area is 145 Å². The van der Waals surface area contributed by atoms with Crippen LogP contribution < -0.4 is 10.5 Å². The van der Waals surface area contributed by atoms with Crippen molar-refractivity contribution in [3.63, 3.8) is 0 Å². The van der Waals surface area contributed by atoms with Crippen molar-refractivity contribution in [3.8, 4) is 0 Å². The van der Waals surface area contributed by atoms with E-state index >= 15 is 0 Å². The predicted molar refractivity (Wildman–Crippen MR) is 95.6 cm³/mol. The molecule has 1 aliphatic rings. The molecule has 0 bridgehead atoms.